The van der Waals surface area contributed by atoms with Crippen molar-refractivity contribution in [3.8, 4) is 0 Å². The largest absolute Gasteiger partial charge is 0.381 e. The molecule has 5 heteroatoms. The average molecular weight is 397 g/mol. The number of hydrogen-bond acceptors (Lipinski definition) is 3. The summed E-state index contributed by atoms with van der Waals surface area (Å²) in [6, 6.07) is 8.44. The smallest absolute Gasteiger partial charge is 0.220 e. The maximum atomic E-state index is 12.2. The average Bonchev–Trinajstić information content (AvgIpc) is 2.61. The summed E-state index contributed by atoms with van der Waals surface area (Å²) in [6.45, 7) is 2.93. The molecule has 1 heterocycles. The highest BCUT2D eigenvalue weighted by atomic mass is 79.9. The first-order chi connectivity index (χ1) is 11.7. The second kappa shape index (κ2) is 10.2. The number of nitrogens with one attached hydrogen (secondary N) is 1. The molecular weight excluding hydrogens is 368 g/mol. The standard InChI is InChI=1S/C19H29BrN2O2/c20-17-7-5-6-16(14-17)19(9-12-24-13-10-19)15-22-18(23)8-3-1-2-4-11-21/h5-7,14H,1-4,8-13,15,21H2,(H,22,23). The lowest BCUT2D eigenvalue weighted by molar-refractivity contribution is -0.121. The van der Waals surface area contributed by atoms with Gasteiger partial charge in [0.15, 0.2) is 0 Å². The number of hydrogen-bond donors (Lipinski definition) is 2. The highest BCUT2D eigenvalue weighted by Crippen LogP contribution is 2.35. The van der Waals surface area contributed by atoms with Crippen LogP contribution in [-0.4, -0.2) is 32.2 Å². The van der Waals surface area contributed by atoms with E-state index in [1.165, 1.54) is 5.56 Å². The van der Waals surface area contributed by atoms with Gasteiger partial charge < -0.3 is 15.8 Å². The number of unbranched alkanes of at least 4 members (excludes halogenated alkanes) is 3. The van der Waals surface area contributed by atoms with E-state index in [9.17, 15) is 4.79 Å². The highest BCUT2D eigenvalue weighted by Gasteiger charge is 2.34. The Bertz CT molecular complexity index is 516. The number of amides is 1. The summed E-state index contributed by atoms with van der Waals surface area (Å²) in [6.07, 6.45) is 6.68. The maximum absolute atomic E-state index is 12.2. The van der Waals surface area contributed by atoms with Gasteiger partial charge in [0.2, 0.25) is 5.91 Å². The van der Waals surface area contributed by atoms with Crippen LogP contribution in [-0.2, 0) is 14.9 Å². The number of halogens is 1. The molecule has 0 radical (unpaired) electrons. The van der Waals surface area contributed by atoms with E-state index in [0.717, 1.165) is 62.8 Å². The number of rotatable bonds is 9. The van der Waals surface area contributed by atoms with Crippen LogP contribution in [0.1, 0.15) is 50.5 Å². The van der Waals surface area contributed by atoms with Gasteiger partial charge in [-0.25, -0.2) is 0 Å². The third kappa shape index (κ3) is 5.87. The van der Waals surface area contributed by atoms with Gasteiger partial charge in [-0.2, -0.15) is 0 Å². The van der Waals surface area contributed by atoms with Crippen LogP contribution in [0.2, 0.25) is 0 Å². The van der Waals surface area contributed by atoms with Crippen LogP contribution in [0.5, 0.6) is 0 Å². The molecular formula is C19H29BrN2O2. The maximum Gasteiger partial charge on any atom is 0.220 e. The van der Waals surface area contributed by atoms with Crippen LogP contribution in [0.25, 0.3) is 0 Å². The van der Waals surface area contributed by atoms with Crippen molar-refractivity contribution in [3.63, 3.8) is 0 Å². The number of carbonyl (C=O) groups excluding carboxylic acids is 1. The lowest BCUT2D eigenvalue weighted by Gasteiger charge is -2.38. The van der Waals surface area contributed by atoms with Gasteiger partial charge >= 0.3 is 0 Å². The molecule has 0 spiro atoms. The Kier molecular flexibility index (Phi) is 8.22. The number of carbonyl (C=O) groups is 1. The first kappa shape index (κ1) is 19.4. The van der Waals surface area contributed by atoms with Crippen LogP contribution in [0.4, 0.5) is 0 Å². The molecule has 3 N–H and O–H groups in total. The molecule has 1 aromatic carbocycles. The molecule has 0 bridgehead atoms. The van der Waals surface area contributed by atoms with Gasteiger partial charge in [0.1, 0.15) is 0 Å². The first-order valence-electron chi connectivity index (χ1n) is 8.97. The van der Waals surface area contributed by atoms with E-state index in [-0.39, 0.29) is 11.3 Å². The number of ether oxygens (including phenoxy) is 1. The molecule has 1 saturated heterocycles. The molecule has 1 fully saturated rings. The van der Waals surface area contributed by atoms with Crippen LogP contribution < -0.4 is 11.1 Å². The Labute approximate surface area is 153 Å². The van der Waals surface area contributed by atoms with E-state index in [1.807, 2.05) is 6.07 Å². The molecule has 0 aliphatic carbocycles. The van der Waals surface area contributed by atoms with Crippen molar-refractivity contribution < 1.29 is 9.53 Å². The Morgan fingerprint density at radius 1 is 1.21 bits per heavy atom. The fourth-order valence-corrected chi connectivity index (χ4v) is 3.69. The Hall–Kier alpha value is -0.910. The van der Waals surface area contributed by atoms with E-state index < -0.39 is 0 Å². The molecule has 134 valence electrons. The topological polar surface area (TPSA) is 64.4 Å². The second-order valence-corrected chi connectivity index (χ2v) is 7.55. The van der Waals surface area contributed by atoms with Crippen LogP contribution in [0.3, 0.4) is 0 Å². The molecule has 2 rings (SSSR count). The fourth-order valence-electron chi connectivity index (χ4n) is 3.29. The van der Waals surface area contributed by atoms with Crippen molar-refractivity contribution in [3.05, 3.63) is 34.3 Å². The minimum Gasteiger partial charge on any atom is -0.381 e. The monoisotopic (exact) mass is 396 g/mol. The molecule has 0 atom stereocenters. The van der Waals surface area contributed by atoms with E-state index in [4.69, 9.17) is 10.5 Å². The molecule has 0 aromatic heterocycles. The Morgan fingerprint density at radius 2 is 1.96 bits per heavy atom. The molecule has 1 aliphatic heterocycles. The van der Waals surface area contributed by atoms with Gasteiger partial charge in [-0.05, 0) is 49.9 Å². The molecule has 1 amide bonds. The van der Waals surface area contributed by atoms with Crippen molar-refractivity contribution in [1.82, 2.24) is 5.32 Å². The van der Waals surface area contributed by atoms with Gasteiger partial charge in [-0.15, -0.1) is 0 Å². The van der Waals surface area contributed by atoms with Crippen LogP contribution >= 0.6 is 15.9 Å². The van der Waals surface area contributed by atoms with Crippen molar-refractivity contribution in [2.75, 3.05) is 26.3 Å². The summed E-state index contributed by atoms with van der Waals surface area (Å²) in [7, 11) is 0. The van der Waals surface area contributed by atoms with Gasteiger partial charge in [0.25, 0.3) is 0 Å². The van der Waals surface area contributed by atoms with E-state index >= 15 is 0 Å². The van der Waals surface area contributed by atoms with E-state index in [2.05, 4.69) is 39.4 Å². The first-order valence-corrected chi connectivity index (χ1v) is 9.76. The minimum absolute atomic E-state index is 0.0166. The van der Waals surface area contributed by atoms with Crippen molar-refractivity contribution in [2.45, 2.75) is 50.4 Å². The van der Waals surface area contributed by atoms with Gasteiger partial charge in [-0.3, -0.25) is 4.79 Å². The highest BCUT2D eigenvalue weighted by molar-refractivity contribution is 9.10. The molecule has 24 heavy (non-hydrogen) atoms. The lowest BCUT2D eigenvalue weighted by Crippen LogP contribution is -2.44. The van der Waals surface area contributed by atoms with E-state index in [1.54, 1.807) is 0 Å². The summed E-state index contributed by atoms with van der Waals surface area (Å²) in [4.78, 5) is 12.2. The Balaban J connectivity index is 1.89. The van der Waals surface area contributed by atoms with Crippen LogP contribution in [0.15, 0.2) is 28.7 Å². The van der Waals surface area contributed by atoms with Crippen LogP contribution in [0, 0.1) is 0 Å². The Morgan fingerprint density at radius 3 is 2.67 bits per heavy atom. The third-order valence-corrected chi connectivity index (χ3v) is 5.36. The number of benzene rings is 1. The zero-order chi connectivity index (χ0) is 17.3. The minimum atomic E-state index is -0.0166. The zero-order valence-electron chi connectivity index (χ0n) is 14.4. The normalized spacial score (nSPS) is 16.8. The zero-order valence-corrected chi connectivity index (χ0v) is 15.9. The van der Waals surface area contributed by atoms with Crippen molar-refractivity contribution in [1.29, 1.82) is 0 Å². The predicted molar refractivity (Wildman–Crippen MR) is 101 cm³/mol. The van der Waals surface area contributed by atoms with Crippen molar-refractivity contribution in [2.24, 2.45) is 5.73 Å². The SMILES string of the molecule is NCCCCCCC(=O)NCC1(c2cccc(Br)c2)CCOCC1. The molecule has 0 saturated carbocycles. The van der Waals surface area contributed by atoms with Crippen molar-refractivity contribution >= 4 is 21.8 Å². The van der Waals surface area contributed by atoms with Gasteiger partial charge in [0, 0.05) is 36.1 Å². The summed E-state index contributed by atoms with van der Waals surface area (Å²) >= 11 is 3.56. The van der Waals surface area contributed by atoms with Gasteiger partial charge in [0.05, 0.1) is 0 Å². The molecule has 0 unspecified atom stereocenters. The number of nitrogens with two attached hydrogens (primary N) is 1. The molecule has 4 nitrogen and oxygen atoms in total. The summed E-state index contributed by atoms with van der Waals surface area (Å²) < 4.78 is 6.63. The second-order valence-electron chi connectivity index (χ2n) is 6.63. The quantitative estimate of drug-likeness (QED) is 0.627. The summed E-state index contributed by atoms with van der Waals surface area (Å²) in [5.74, 6) is 0.156. The van der Waals surface area contributed by atoms with Gasteiger partial charge in [-0.1, -0.05) is 40.9 Å². The lowest BCUT2D eigenvalue weighted by atomic mass is 9.74. The summed E-state index contributed by atoms with van der Waals surface area (Å²) in [5, 5.41) is 3.17. The van der Waals surface area contributed by atoms with E-state index in [0.29, 0.717) is 13.0 Å². The predicted octanol–water partition coefficient (Wildman–Crippen LogP) is 3.52. The fraction of sp³-hybridized carbons (Fsp3) is 0.632. The third-order valence-electron chi connectivity index (χ3n) is 4.87. The summed E-state index contributed by atoms with van der Waals surface area (Å²) in [5.41, 5.74) is 6.75. The molecule has 1 aromatic rings. The molecule has 1 aliphatic rings.